The third kappa shape index (κ3) is 8.63. The minimum absolute atomic E-state index is 1.07. The van der Waals surface area contributed by atoms with Crippen molar-refractivity contribution in [3.63, 3.8) is 0 Å². The molecule has 0 amide bonds. The van der Waals surface area contributed by atoms with Crippen LogP contribution in [0.25, 0.3) is 89.0 Å². The molecule has 0 saturated heterocycles. The van der Waals surface area contributed by atoms with E-state index in [1.54, 1.807) is 0 Å². The van der Waals surface area contributed by atoms with Crippen LogP contribution in [0.1, 0.15) is 0 Å². The first-order chi connectivity index (χ1) is 33.2. The van der Waals surface area contributed by atoms with Crippen molar-refractivity contribution >= 4 is 17.1 Å². The first-order valence-electron chi connectivity index (χ1n) is 23.0. The van der Waals surface area contributed by atoms with Gasteiger partial charge in [0, 0.05) is 16.9 Å². The number of hydrogen-bond acceptors (Lipinski definition) is 1. The van der Waals surface area contributed by atoms with Crippen molar-refractivity contribution in [2.75, 3.05) is 4.90 Å². The lowest BCUT2D eigenvalue weighted by Gasteiger charge is -2.29. The average molecular weight is 854 g/mol. The molecule has 67 heavy (non-hydrogen) atoms. The van der Waals surface area contributed by atoms with E-state index in [4.69, 9.17) is 0 Å². The van der Waals surface area contributed by atoms with Gasteiger partial charge in [-0.2, -0.15) is 0 Å². The Morgan fingerprint density at radius 3 is 0.910 bits per heavy atom. The van der Waals surface area contributed by atoms with Crippen LogP contribution in [0.4, 0.5) is 17.1 Å². The molecule has 0 heterocycles. The molecule has 11 aromatic carbocycles. The van der Waals surface area contributed by atoms with Crippen LogP contribution >= 0.6 is 0 Å². The van der Waals surface area contributed by atoms with Crippen LogP contribution in [0.5, 0.6) is 0 Å². The first kappa shape index (κ1) is 41.0. The van der Waals surface area contributed by atoms with Crippen molar-refractivity contribution < 1.29 is 0 Å². The number of anilines is 3. The fraction of sp³-hybridized carbons (Fsp3) is 0. The fourth-order valence-corrected chi connectivity index (χ4v) is 9.37. The fourth-order valence-electron chi connectivity index (χ4n) is 9.37. The minimum Gasteiger partial charge on any atom is -0.310 e. The number of rotatable bonds is 11. The van der Waals surface area contributed by atoms with Crippen molar-refractivity contribution in [1.82, 2.24) is 0 Å². The molecule has 0 saturated carbocycles. The van der Waals surface area contributed by atoms with Crippen LogP contribution in [0.3, 0.4) is 0 Å². The summed E-state index contributed by atoms with van der Waals surface area (Å²) in [5, 5.41) is 0. The van der Waals surface area contributed by atoms with Gasteiger partial charge in [0.1, 0.15) is 0 Å². The van der Waals surface area contributed by atoms with Gasteiger partial charge in [-0.15, -0.1) is 0 Å². The second kappa shape index (κ2) is 18.7. The van der Waals surface area contributed by atoms with E-state index in [1.165, 1.54) is 77.9 Å². The van der Waals surface area contributed by atoms with Crippen molar-refractivity contribution in [1.29, 1.82) is 0 Å². The molecule has 0 aliphatic rings. The summed E-state index contributed by atoms with van der Waals surface area (Å²) in [6.07, 6.45) is 0. The molecule has 11 aromatic rings. The van der Waals surface area contributed by atoms with Crippen molar-refractivity contribution in [2.45, 2.75) is 0 Å². The van der Waals surface area contributed by atoms with Crippen LogP contribution in [-0.2, 0) is 0 Å². The maximum atomic E-state index is 2.42. The predicted octanol–water partition coefficient (Wildman–Crippen LogP) is 18.5. The zero-order chi connectivity index (χ0) is 44.8. The van der Waals surface area contributed by atoms with Crippen LogP contribution in [-0.4, -0.2) is 0 Å². The molecule has 0 aliphatic heterocycles. The molecule has 316 valence electrons. The zero-order valence-corrected chi connectivity index (χ0v) is 37.1. The number of para-hydroxylation sites is 1. The van der Waals surface area contributed by atoms with Gasteiger partial charge in [-0.25, -0.2) is 0 Å². The van der Waals surface area contributed by atoms with Crippen LogP contribution in [0.15, 0.2) is 285 Å². The number of nitrogens with zero attached hydrogens (tertiary/aromatic N) is 1. The summed E-state index contributed by atoms with van der Waals surface area (Å²) < 4.78 is 0. The van der Waals surface area contributed by atoms with E-state index in [2.05, 4.69) is 290 Å². The largest absolute Gasteiger partial charge is 0.310 e. The van der Waals surface area contributed by atoms with E-state index in [1.807, 2.05) is 0 Å². The van der Waals surface area contributed by atoms with Crippen molar-refractivity contribution in [3.8, 4) is 89.0 Å². The topological polar surface area (TPSA) is 3.24 Å². The van der Waals surface area contributed by atoms with Gasteiger partial charge in [0.15, 0.2) is 0 Å². The quantitative estimate of drug-likeness (QED) is 0.125. The van der Waals surface area contributed by atoms with E-state index in [0.29, 0.717) is 0 Å². The maximum absolute atomic E-state index is 2.42. The summed E-state index contributed by atoms with van der Waals surface area (Å²) in [6.45, 7) is 0. The van der Waals surface area contributed by atoms with E-state index in [0.717, 1.165) is 28.2 Å². The number of hydrogen-bond donors (Lipinski definition) is 0. The Hall–Kier alpha value is -8.78. The maximum Gasteiger partial charge on any atom is 0.0540 e. The zero-order valence-electron chi connectivity index (χ0n) is 37.1. The van der Waals surface area contributed by atoms with Gasteiger partial charge < -0.3 is 4.90 Å². The third-order valence-electron chi connectivity index (χ3n) is 12.7. The molecule has 1 nitrogen and oxygen atoms in total. The van der Waals surface area contributed by atoms with Crippen molar-refractivity contribution in [3.05, 3.63) is 285 Å². The molecule has 0 aliphatic carbocycles. The highest BCUT2D eigenvalue weighted by Gasteiger charge is 2.21. The molecule has 0 atom stereocenters. The molecule has 0 spiro atoms. The molecular formula is C66H47N. The van der Waals surface area contributed by atoms with Gasteiger partial charge >= 0.3 is 0 Å². The third-order valence-corrected chi connectivity index (χ3v) is 12.7. The molecule has 1 heteroatoms. The Morgan fingerprint density at radius 2 is 0.448 bits per heavy atom. The second-order valence-corrected chi connectivity index (χ2v) is 16.9. The van der Waals surface area contributed by atoms with E-state index >= 15 is 0 Å². The summed E-state index contributed by atoms with van der Waals surface area (Å²) in [7, 11) is 0. The van der Waals surface area contributed by atoms with Gasteiger partial charge in [-0.05, 0) is 138 Å². The predicted molar refractivity (Wildman–Crippen MR) is 285 cm³/mol. The Bertz CT molecular complexity index is 3360. The second-order valence-electron chi connectivity index (χ2n) is 16.9. The van der Waals surface area contributed by atoms with Gasteiger partial charge in [0.2, 0.25) is 0 Å². The summed E-state index contributed by atoms with van der Waals surface area (Å²) >= 11 is 0. The monoisotopic (exact) mass is 853 g/mol. The van der Waals surface area contributed by atoms with E-state index in [-0.39, 0.29) is 0 Å². The molecule has 11 rings (SSSR count). The standard InChI is InChI=1S/C66H47N/c1-5-20-48(21-6-1)54-28-19-29-55(44-54)51-36-40-59(41-37-51)67(60-42-38-52(39-43-60)58-46-56(49-22-7-2-8-23-49)45-57(47-58)50-24-9-3-10-25-50)66-35-18-17-34-65(66)64-33-16-15-32-63(64)62-31-14-13-30-61(62)53-26-11-4-12-27-53/h1-47H. The number of benzene rings is 11. The van der Waals surface area contributed by atoms with Crippen LogP contribution < -0.4 is 4.90 Å². The highest BCUT2D eigenvalue weighted by Crippen LogP contribution is 2.46. The highest BCUT2D eigenvalue weighted by molar-refractivity contribution is 5.97. The molecule has 0 fully saturated rings. The lowest BCUT2D eigenvalue weighted by atomic mass is 9.88. The molecule has 0 bridgehead atoms. The Balaban J connectivity index is 1.04. The SMILES string of the molecule is c1ccc(-c2cccc(-c3ccc(N(c4ccc(-c5cc(-c6ccccc6)cc(-c6ccccc6)c5)cc4)c4ccccc4-c4ccccc4-c4ccccc4-c4ccccc4)cc3)c2)cc1. The summed E-state index contributed by atoms with van der Waals surface area (Å²) in [4.78, 5) is 2.42. The average Bonchev–Trinajstić information content (AvgIpc) is 3.42. The summed E-state index contributed by atoms with van der Waals surface area (Å²) in [5.41, 5.74) is 22.2. The van der Waals surface area contributed by atoms with Gasteiger partial charge in [-0.1, -0.05) is 231 Å². The van der Waals surface area contributed by atoms with Gasteiger partial charge in [-0.3, -0.25) is 0 Å². The summed E-state index contributed by atoms with van der Waals surface area (Å²) in [5.74, 6) is 0. The Kier molecular flexibility index (Phi) is 11.5. The van der Waals surface area contributed by atoms with Crippen LogP contribution in [0.2, 0.25) is 0 Å². The first-order valence-corrected chi connectivity index (χ1v) is 23.0. The molecule has 0 unspecified atom stereocenters. The normalized spacial score (nSPS) is 11.0. The minimum atomic E-state index is 1.07. The van der Waals surface area contributed by atoms with E-state index < -0.39 is 0 Å². The lowest BCUT2D eigenvalue weighted by molar-refractivity contribution is 1.28. The van der Waals surface area contributed by atoms with Crippen molar-refractivity contribution in [2.24, 2.45) is 0 Å². The molecule has 0 radical (unpaired) electrons. The van der Waals surface area contributed by atoms with Gasteiger partial charge in [0.05, 0.1) is 5.69 Å². The van der Waals surface area contributed by atoms with E-state index in [9.17, 15) is 0 Å². The van der Waals surface area contributed by atoms with Gasteiger partial charge in [0.25, 0.3) is 0 Å². The Labute approximate surface area is 394 Å². The molecule has 0 aromatic heterocycles. The Morgan fingerprint density at radius 1 is 0.164 bits per heavy atom. The lowest BCUT2D eigenvalue weighted by Crippen LogP contribution is -2.11. The molecule has 0 N–H and O–H groups in total. The van der Waals surface area contributed by atoms with Crippen LogP contribution in [0, 0.1) is 0 Å². The highest BCUT2D eigenvalue weighted by atomic mass is 15.1. The summed E-state index contributed by atoms with van der Waals surface area (Å²) in [6, 6.07) is 103. The molecular weight excluding hydrogens is 807 g/mol. The smallest absolute Gasteiger partial charge is 0.0540 e.